The summed E-state index contributed by atoms with van der Waals surface area (Å²) in [6.45, 7) is 5.09. The maximum Gasteiger partial charge on any atom is 0.262 e. The van der Waals surface area contributed by atoms with Gasteiger partial charge in [0.05, 0.1) is 12.0 Å². The summed E-state index contributed by atoms with van der Waals surface area (Å²) in [7, 11) is 0. The molecule has 0 aliphatic heterocycles. The minimum Gasteiger partial charge on any atom is -0.494 e. The van der Waals surface area contributed by atoms with Crippen molar-refractivity contribution < 1.29 is 4.74 Å². The van der Waals surface area contributed by atoms with Crippen molar-refractivity contribution in [3.8, 4) is 16.2 Å². The van der Waals surface area contributed by atoms with E-state index >= 15 is 0 Å². The molecule has 0 atom stereocenters. The Labute approximate surface area is 168 Å². The quantitative estimate of drug-likeness (QED) is 0.425. The zero-order chi connectivity index (χ0) is 19.5. The Balaban J connectivity index is 1.51. The lowest BCUT2D eigenvalue weighted by Crippen LogP contribution is -2.24. The van der Waals surface area contributed by atoms with Gasteiger partial charge in [0, 0.05) is 11.4 Å². The fourth-order valence-corrected chi connectivity index (χ4v) is 4.32. The molecule has 0 aliphatic rings. The standard InChI is InChI=1S/C23H22N2O2S/c1-16-8-6-11-19(14-16)27-13-7-12-25-17(2)24-22-20(23(25)26)15-21(28-22)18-9-4-3-5-10-18/h3-6,8-11,14-15H,7,12-13H2,1-2H3. The number of ether oxygens (including phenoxy) is 1. The fourth-order valence-electron chi connectivity index (χ4n) is 3.24. The monoisotopic (exact) mass is 390 g/mol. The molecule has 0 amide bonds. The lowest BCUT2D eigenvalue weighted by atomic mass is 10.2. The Morgan fingerprint density at radius 1 is 1.04 bits per heavy atom. The third kappa shape index (κ3) is 3.85. The number of rotatable bonds is 6. The first-order valence-electron chi connectivity index (χ1n) is 9.38. The Morgan fingerprint density at radius 2 is 1.86 bits per heavy atom. The molecule has 2 aromatic heterocycles. The largest absolute Gasteiger partial charge is 0.494 e. The number of fused-ring (bicyclic) bond motifs is 1. The van der Waals surface area contributed by atoms with Crippen LogP contribution in [0.15, 0.2) is 65.5 Å². The Bertz CT molecular complexity index is 1160. The van der Waals surface area contributed by atoms with Crippen LogP contribution < -0.4 is 10.3 Å². The summed E-state index contributed by atoms with van der Waals surface area (Å²) >= 11 is 1.57. The van der Waals surface area contributed by atoms with Crippen LogP contribution in [0.3, 0.4) is 0 Å². The summed E-state index contributed by atoms with van der Waals surface area (Å²) in [6.07, 6.45) is 0.748. The molecule has 0 N–H and O–H groups in total. The Kier molecular flexibility index (Phi) is 5.26. The summed E-state index contributed by atoms with van der Waals surface area (Å²) < 4.78 is 7.56. The van der Waals surface area contributed by atoms with E-state index in [1.165, 1.54) is 5.56 Å². The van der Waals surface area contributed by atoms with E-state index in [4.69, 9.17) is 4.74 Å². The van der Waals surface area contributed by atoms with Gasteiger partial charge in [-0.3, -0.25) is 9.36 Å². The molecule has 142 valence electrons. The lowest BCUT2D eigenvalue weighted by Gasteiger charge is -2.10. The smallest absolute Gasteiger partial charge is 0.262 e. The van der Waals surface area contributed by atoms with Crippen LogP contribution >= 0.6 is 11.3 Å². The molecule has 28 heavy (non-hydrogen) atoms. The topological polar surface area (TPSA) is 44.1 Å². The van der Waals surface area contributed by atoms with Gasteiger partial charge < -0.3 is 4.74 Å². The molecule has 2 aromatic carbocycles. The molecule has 0 spiro atoms. The van der Waals surface area contributed by atoms with E-state index in [1.54, 1.807) is 15.9 Å². The maximum atomic E-state index is 13.0. The first kappa shape index (κ1) is 18.4. The number of aromatic nitrogens is 2. The molecule has 4 rings (SSSR count). The average molecular weight is 391 g/mol. The van der Waals surface area contributed by atoms with Gasteiger partial charge in [0.1, 0.15) is 16.4 Å². The lowest BCUT2D eigenvalue weighted by molar-refractivity contribution is 0.300. The van der Waals surface area contributed by atoms with Gasteiger partial charge in [-0.2, -0.15) is 0 Å². The first-order valence-corrected chi connectivity index (χ1v) is 10.2. The zero-order valence-electron chi connectivity index (χ0n) is 16.0. The Morgan fingerprint density at radius 3 is 2.64 bits per heavy atom. The number of hydrogen-bond donors (Lipinski definition) is 0. The van der Waals surface area contributed by atoms with Gasteiger partial charge in [0.15, 0.2) is 0 Å². The van der Waals surface area contributed by atoms with Gasteiger partial charge in [-0.15, -0.1) is 11.3 Å². The van der Waals surface area contributed by atoms with Gasteiger partial charge in [-0.25, -0.2) is 4.98 Å². The molecule has 2 heterocycles. The van der Waals surface area contributed by atoms with E-state index in [0.29, 0.717) is 18.5 Å². The van der Waals surface area contributed by atoms with E-state index in [0.717, 1.165) is 33.3 Å². The van der Waals surface area contributed by atoms with Crippen LogP contribution in [0.1, 0.15) is 17.8 Å². The van der Waals surface area contributed by atoms with E-state index in [2.05, 4.69) is 17.1 Å². The molecule has 0 saturated carbocycles. The number of nitrogens with zero attached hydrogens (tertiary/aromatic N) is 2. The highest BCUT2D eigenvalue weighted by atomic mass is 32.1. The van der Waals surface area contributed by atoms with Gasteiger partial charge in [0.25, 0.3) is 5.56 Å². The second-order valence-corrected chi connectivity index (χ2v) is 7.86. The minimum atomic E-state index is 0.0245. The van der Waals surface area contributed by atoms with Crippen molar-refractivity contribution in [1.82, 2.24) is 9.55 Å². The molecule has 0 fully saturated rings. The van der Waals surface area contributed by atoms with Crippen molar-refractivity contribution in [3.05, 3.63) is 82.4 Å². The Hall–Kier alpha value is -2.92. The molecule has 4 aromatic rings. The second kappa shape index (κ2) is 7.98. The molecular weight excluding hydrogens is 368 g/mol. The minimum absolute atomic E-state index is 0.0245. The van der Waals surface area contributed by atoms with Gasteiger partial charge >= 0.3 is 0 Å². The highest BCUT2D eigenvalue weighted by Crippen LogP contribution is 2.30. The van der Waals surface area contributed by atoms with E-state index in [-0.39, 0.29) is 5.56 Å². The molecule has 0 bridgehead atoms. The predicted molar refractivity (Wildman–Crippen MR) is 115 cm³/mol. The molecule has 0 saturated heterocycles. The number of thiophene rings is 1. The van der Waals surface area contributed by atoms with E-state index in [1.807, 2.05) is 62.4 Å². The van der Waals surface area contributed by atoms with Crippen LogP contribution in [0.2, 0.25) is 0 Å². The van der Waals surface area contributed by atoms with Gasteiger partial charge in [0.2, 0.25) is 0 Å². The molecule has 5 heteroatoms. The first-order chi connectivity index (χ1) is 13.6. The summed E-state index contributed by atoms with van der Waals surface area (Å²) in [5.41, 5.74) is 2.31. The molecular formula is C23H22N2O2S. The van der Waals surface area contributed by atoms with Crippen LogP contribution in [0.4, 0.5) is 0 Å². The SMILES string of the molecule is Cc1cccc(OCCCn2c(C)nc3sc(-c4ccccc4)cc3c2=O)c1. The summed E-state index contributed by atoms with van der Waals surface area (Å²) in [4.78, 5) is 19.5. The predicted octanol–water partition coefficient (Wildman–Crippen LogP) is 5.21. The second-order valence-electron chi connectivity index (χ2n) is 6.83. The third-order valence-electron chi connectivity index (χ3n) is 4.68. The molecule has 0 aliphatic carbocycles. The molecule has 0 unspecified atom stereocenters. The van der Waals surface area contributed by atoms with E-state index < -0.39 is 0 Å². The highest BCUT2D eigenvalue weighted by molar-refractivity contribution is 7.21. The number of hydrogen-bond acceptors (Lipinski definition) is 4. The average Bonchev–Trinajstić information content (AvgIpc) is 3.12. The number of benzene rings is 2. The molecule has 4 nitrogen and oxygen atoms in total. The van der Waals surface area contributed by atoms with Gasteiger partial charge in [-0.05, 0) is 49.6 Å². The van der Waals surface area contributed by atoms with Crippen molar-refractivity contribution in [2.24, 2.45) is 0 Å². The van der Waals surface area contributed by atoms with Crippen molar-refractivity contribution >= 4 is 21.6 Å². The fraction of sp³-hybridized carbons (Fsp3) is 0.217. The van der Waals surface area contributed by atoms with Crippen LogP contribution in [0.25, 0.3) is 20.7 Å². The van der Waals surface area contributed by atoms with Gasteiger partial charge in [-0.1, -0.05) is 42.5 Å². The van der Waals surface area contributed by atoms with Crippen molar-refractivity contribution in [2.75, 3.05) is 6.61 Å². The van der Waals surface area contributed by atoms with Crippen LogP contribution in [-0.4, -0.2) is 16.2 Å². The third-order valence-corrected chi connectivity index (χ3v) is 5.76. The van der Waals surface area contributed by atoms with E-state index in [9.17, 15) is 4.79 Å². The van der Waals surface area contributed by atoms with Crippen molar-refractivity contribution in [1.29, 1.82) is 0 Å². The normalized spacial score (nSPS) is 11.1. The zero-order valence-corrected chi connectivity index (χ0v) is 16.8. The summed E-state index contributed by atoms with van der Waals surface area (Å²) in [5, 5.41) is 0.689. The van der Waals surface area contributed by atoms with Crippen molar-refractivity contribution in [2.45, 2.75) is 26.8 Å². The summed E-state index contributed by atoms with van der Waals surface area (Å²) in [6, 6.07) is 20.1. The summed E-state index contributed by atoms with van der Waals surface area (Å²) in [5.74, 6) is 1.61. The maximum absolute atomic E-state index is 13.0. The van der Waals surface area contributed by atoms with Crippen molar-refractivity contribution in [3.63, 3.8) is 0 Å². The highest BCUT2D eigenvalue weighted by Gasteiger charge is 2.12. The molecule has 0 radical (unpaired) electrons. The van der Waals surface area contributed by atoms with Crippen LogP contribution in [0, 0.1) is 13.8 Å². The number of aryl methyl sites for hydroxylation is 2. The van der Waals surface area contributed by atoms with Crippen LogP contribution in [-0.2, 0) is 6.54 Å². The van der Waals surface area contributed by atoms with Crippen LogP contribution in [0.5, 0.6) is 5.75 Å².